The number of nitrogens with zero attached hydrogens (tertiary/aromatic N) is 1. The Hall–Kier alpha value is -2.10. The van der Waals surface area contributed by atoms with E-state index in [1.807, 2.05) is 72.3 Å². The molecule has 1 heterocycles. The fourth-order valence-corrected chi connectivity index (χ4v) is 2.91. The van der Waals surface area contributed by atoms with Crippen molar-refractivity contribution >= 4 is 10.9 Å². The first-order valence-corrected chi connectivity index (χ1v) is 7.12. The monoisotopic (exact) mass is 281 g/mol. The van der Waals surface area contributed by atoms with Gasteiger partial charge < -0.3 is 14.8 Å². The summed E-state index contributed by atoms with van der Waals surface area (Å²) in [5, 5.41) is 20.9. The highest BCUT2D eigenvalue weighted by Gasteiger charge is 2.24. The number of hydrogen-bond donors (Lipinski definition) is 2. The van der Waals surface area contributed by atoms with Crippen molar-refractivity contribution in [2.75, 3.05) is 6.61 Å². The van der Waals surface area contributed by atoms with Crippen LogP contribution < -0.4 is 0 Å². The highest BCUT2D eigenvalue weighted by Crippen LogP contribution is 2.29. The Bertz CT molecular complexity index is 748. The molecule has 0 bridgehead atoms. The lowest BCUT2D eigenvalue weighted by Crippen LogP contribution is -2.28. The van der Waals surface area contributed by atoms with Gasteiger partial charge in [-0.1, -0.05) is 42.5 Å². The first-order valence-electron chi connectivity index (χ1n) is 7.12. The van der Waals surface area contributed by atoms with E-state index in [9.17, 15) is 10.2 Å². The van der Waals surface area contributed by atoms with Crippen LogP contribution in [-0.4, -0.2) is 27.5 Å². The zero-order chi connectivity index (χ0) is 14.8. The van der Waals surface area contributed by atoms with Gasteiger partial charge in [0.25, 0.3) is 0 Å². The molecule has 0 spiro atoms. The van der Waals surface area contributed by atoms with Gasteiger partial charge in [0.15, 0.2) is 0 Å². The standard InChI is InChI=1S/C18H19NO2/c1-13-6-2-4-8-15(13)18(17(21)12-20)19-11-10-14-7-3-5-9-16(14)19/h2-11,17-18,20-21H,12H2,1H3/t17-,18+/m0/s1. The number of aromatic nitrogens is 1. The molecule has 2 aromatic carbocycles. The normalized spacial score (nSPS) is 14.2. The Morgan fingerprint density at radius 1 is 1.00 bits per heavy atom. The summed E-state index contributed by atoms with van der Waals surface area (Å²) < 4.78 is 2.04. The van der Waals surface area contributed by atoms with Crippen molar-refractivity contribution in [3.8, 4) is 0 Å². The van der Waals surface area contributed by atoms with E-state index < -0.39 is 6.10 Å². The van der Waals surface area contributed by atoms with Crippen LogP contribution >= 0.6 is 0 Å². The lowest BCUT2D eigenvalue weighted by Gasteiger charge is -2.26. The molecular formula is C18H19NO2. The maximum atomic E-state index is 10.4. The Morgan fingerprint density at radius 2 is 1.71 bits per heavy atom. The predicted molar refractivity (Wildman–Crippen MR) is 84.3 cm³/mol. The molecule has 2 N–H and O–H groups in total. The molecule has 3 heteroatoms. The number of para-hydroxylation sites is 1. The Balaban J connectivity index is 2.19. The minimum Gasteiger partial charge on any atom is -0.394 e. The molecule has 0 aliphatic heterocycles. The lowest BCUT2D eigenvalue weighted by atomic mass is 9.96. The van der Waals surface area contributed by atoms with Gasteiger partial charge in [-0.2, -0.15) is 0 Å². The third-order valence-electron chi connectivity index (χ3n) is 3.99. The van der Waals surface area contributed by atoms with E-state index in [1.54, 1.807) is 0 Å². The van der Waals surface area contributed by atoms with E-state index in [4.69, 9.17) is 0 Å². The van der Waals surface area contributed by atoms with Crippen LogP contribution in [0.2, 0.25) is 0 Å². The van der Waals surface area contributed by atoms with E-state index >= 15 is 0 Å². The first-order chi connectivity index (χ1) is 10.2. The number of aliphatic hydroxyl groups excluding tert-OH is 2. The predicted octanol–water partition coefficient (Wildman–Crippen LogP) is 2.89. The van der Waals surface area contributed by atoms with Gasteiger partial charge in [-0.15, -0.1) is 0 Å². The second-order valence-electron chi connectivity index (χ2n) is 5.33. The van der Waals surface area contributed by atoms with Crippen LogP contribution in [0.3, 0.4) is 0 Å². The molecule has 3 nitrogen and oxygen atoms in total. The maximum Gasteiger partial charge on any atom is 0.102 e. The summed E-state index contributed by atoms with van der Waals surface area (Å²) in [6.45, 7) is 1.75. The fourth-order valence-electron chi connectivity index (χ4n) is 2.91. The van der Waals surface area contributed by atoms with E-state index in [2.05, 4.69) is 0 Å². The second kappa shape index (κ2) is 5.72. The van der Waals surface area contributed by atoms with Crippen LogP contribution in [0.4, 0.5) is 0 Å². The van der Waals surface area contributed by atoms with Gasteiger partial charge in [0.2, 0.25) is 0 Å². The number of aliphatic hydroxyl groups is 2. The molecule has 0 fully saturated rings. The van der Waals surface area contributed by atoms with Crippen molar-refractivity contribution < 1.29 is 10.2 Å². The van der Waals surface area contributed by atoms with E-state index in [1.165, 1.54) is 0 Å². The first kappa shape index (κ1) is 13.9. The summed E-state index contributed by atoms with van der Waals surface area (Å²) in [6, 6.07) is 17.8. The van der Waals surface area contributed by atoms with Crippen LogP contribution in [0, 0.1) is 6.92 Å². The zero-order valence-corrected chi connectivity index (χ0v) is 12.0. The van der Waals surface area contributed by atoms with Crippen molar-refractivity contribution in [2.24, 2.45) is 0 Å². The SMILES string of the molecule is Cc1ccccc1[C@H]([C@@H](O)CO)n1ccc2ccccc21. The van der Waals surface area contributed by atoms with Crippen molar-refractivity contribution in [3.63, 3.8) is 0 Å². The highest BCUT2D eigenvalue weighted by atomic mass is 16.3. The van der Waals surface area contributed by atoms with Gasteiger partial charge in [-0.25, -0.2) is 0 Å². The molecule has 0 unspecified atom stereocenters. The molecule has 2 atom stereocenters. The van der Waals surface area contributed by atoms with E-state index in [0.717, 1.165) is 22.0 Å². The summed E-state index contributed by atoms with van der Waals surface area (Å²) in [7, 11) is 0. The topological polar surface area (TPSA) is 45.4 Å². The second-order valence-corrected chi connectivity index (χ2v) is 5.33. The van der Waals surface area contributed by atoms with Crippen LogP contribution in [-0.2, 0) is 0 Å². The largest absolute Gasteiger partial charge is 0.394 e. The summed E-state index contributed by atoms with van der Waals surface area (Å²) >= 11 is 0. The molecule has 3 rings (SSSR count). The zero-order valence-electron chi connectivity index (χ0n) is 12.0. The molecule has 0 saturated heterocycles. The third-order valence-corrected chi connectivity index (χ3v) is 3.99. The highest BCUT2D eigenvalue weighted by molar-refractivity contribution is 5.80. The van der Waals surface area contributed by atoms with Crippen LogP contribution in [0.1, 0.15) is 17.2 Å². The quantitative estimate of drug-likeness (QED) is 0.772. The molecule has 21 heavy (non-hydrogen) atoms. The Morgan fingerprint density at radius 3 is 2.48 bits per heavy atom. The molecule has 0 aliphatic rings. The smallest absolute Gasteiger partial charge is 0.102 e. The van der Waals surface area contributed by atoms with Crippen molar-refractivity contribution in [3.05, 3.63) is 71.9 Å². The third kappa shape index (κ3) is 2.46. The number of hydrogen-bond acceptors (Lipinski definition) is 2. The van der Waals surface area contributed by atoms with Gasteiger partial charge in [0.1, 0.15) is 6.10 Å². The minimum absolute atomic E-state index is 0.272. The summed E-state index contributed by atoms with van der Waals surface area (Å²) in [5.41, 5.74) is 3.19. The number of fused-ring (bicyclic) bond motifs is 1. The summed E-state index contributed by atoms with van der Waals surface area (Å²) in [4.78, 5) is 0. The molecular weight excluding hydrogens is 262 g/mol. The van der Waals surface area contributed by atoms with Gasteiger partial charge in [0, 0.05) is 11.7 Å². The average Bonchev–Trinajstić information content (AvgIpc) is 2.93. The minimum atomic E-state index is -0.845. The van der Waals surface area contributed by atoms with Crippen LogP contribution in [0.15, 0.2) is 60.8 Å². The molecule has 0 aliphatic carbocycles. The van der Waals surface area contributed by atoms with Gasteiger partial charge in [0.05, 0.1) is 12.6 Å². The van der Waals surface area contributed by atoms with Crippen molar-refractivity contribution in [1.29, 1.82) is 0 Å². The molecule has 1 aromatic heterocycles. The van der Waals surface area contributed by atoms with Crippen molar-refractivity contribution in [2.45, 2.75) is 19.1 Å². The van der Waals surface area contributed by atoms with E-state index in [-0.39, 0.29) is 12.6 Å². The van der Waals surface area contributed by atoms with Crippen LogP contribution in [0.5, 0.6) is 0 Å². The lowest BCUT2D eigenvalue weighted by molar-refractivity contribution is 0.0652. The molecule has 0 saturated carbocycles. The average molecular weight is 281 g/mol. The van der Waals surface area contributed by atoms with Gasteiger partial charge in [-0.05, 0) is 35.6 Å². The number of benzene rings is 2. The Labute approximate surface area is 124 Å². The molecule has 108 valence electrons. The summed E-state index contributed by atoms with van der Waals surface area (Å²) in [5.74, 6) is 0. The number of rotatable bonds is 4. The van der Waals surface area contributed by atoms with Crippen molar-refractivity contribution in [1.82, 2.24) is 4.57 Å². The molecule has 3 aromatic rings. The van der Waals surface area contributed by atoms with Gasteiger partial charge in [-0.3, -0.25) is 0 Å². The number of aryl methyl sites for hydroxylation is 1. The molecule has 0 radical (unpaired) electrons. The van der Waals surface area contributed by atoms with Crippen LogP contribution in [0.25, 0.3) is 10.9 Å². The Kier molecular flexibility index (Phi) is 3.78. The van der Waals surface area contributed by atoms with E-state index in [0.29, 0.717) is 0 Å². The van der Waals surface area contributed by atoms with Gasteiger partial charge >= 0.3 is 0 Å². The fraction of sp³-hybridized carbons (Fsp3) is 0.222. The summed E-state index contributed by atoms with van der Waals surface area (Å²) in [6.07, 6.45) is 1.13. The molecule has 0 amide bonds. The maximum absolute atomic E-state index is 10.4.